The van der Waals surface area contributed by atoms with Crippen LogP contribution in [0.4, 0.5) is 5.82 Å². The molecule has 1 aliphatic rings. The van der Waals surface area contributed by atoms with E-state index in [0.717, 1.165) is 41.5 Å². The van der Waals surface area contributed by atoms with Crippen molar-refractivity contribution in [2.45, 2.75) is 51.2 Å². The molecule has 4 heterocycles. The van der Waals surface area contributed by atoms with Crippen LogP contribution in [0.3, 0.4) is 0 Å². The van der Waals surface area contributed by atoms with Gasteiger partial charge in [-0.1, -0.05) is 11.8 Å². The second kappa shape index (κ2) is 8.81. The van der Waals surface area contributed by atoms with Crippen LogP contribution in [0.2, 0.25) is 0 Å². The molecule has 0 atom stereocenters. The van der Waals surface area contributed by atoms with Gasteiger partial charge in [-0.05, 0) is 51.8 Å². The van der Waals surface area contributed by atoms with Gasteiger partial charge in [0.05, 0.1) is 24.3 Å². The average Bonchev–Trinajstić information content (AvgIpc) is 3.15. The number of hydrogen-bond donors (Lipinski definition) is 1. The van der Waals surface area contributed by atoms with Crippen molar-refractivity contribution in [3.05, 3.63) is 59.2 Å². The van der Waals surface area contributed by atoms with Crippen LogP contribution in [0.15, 0.2) is 40.1 Å². The molecule has 4 aromatic rings. The van der Waals surface area contributed by atoms with E-state index in [0.29, 0.717) is 29.4 Å². The number of nitrogens with one attached hydrogen (secondary N) is 1. The molecule has 1 N–H and O–H groups in total. The molecule has 0 aliphatic heterocycles. The molecule has 0 aromatic carbocycles. The number of carbonyl (C=O) groups excluding carboxylic acids is 1. The van der Waals surface area contributed by atoms with E-state index in [1.165, 1.54) is 11.8 Å². The zero-order valence-electron chi connectivity index (χ0n) is 18.6. The van der Waals surface area contributed by atoms with Crippen LogP contribution in [-0.4, -0.2) is 46.2 Å². The number of aryl methyl sites for hydroxylation is 3. The van der Waals surface area contributed by atoms with Crippen LogP contribution in [0.5, 0.6) is 0 Å². The molecule has 0 bridgehead atoms. The lowest BCUT2D eigenvalue weighted by atomic mass is 10.3. The molecule has 1 saturated carbocycles. The minimum atomic E-state index is -0.175. The highest BCUT2D eigenvalue weighted by atomic mass is 32.2. The van der Waals surface area contributed by atoms with Crippen LogP contribution >= 0.6 is 11.8 Å². The number of anilines is 1. The number of aromatic nitrogens is 7. The van der Waals surface area contributed by atoms with Gasteiger partial charge in [-0.25, -0.2) is 9.97 Å². The van der Waals surface area contributed by atoms with Crippen molar-refractivity contribution < 1.29 is 9.21 Å². The highest BCUT2D eigenvalue weighted by Gasteiger charge is 2.31. The SMILES string of the molecule is Cc1cc(C)nc(-n2nc(C)cc2NC(=O)CSc2nnc(C3CC3)n2Cc2ccco2)n1. The summed E-state index contributed by atoms with van der Waals surface area (Å²) in [4.78, 5) is 21.7. The van der Waals surface area contributed by atoms with E-state index in [2.05, 4.69) is 30.6 Å². The summed E-state index contributed by atoms with van der Waals surface area (Å²) < 4.78 is 9.12. The summed E-state index contributed by atoms with van der Waals surface area (Å²) >= 11 is 1.35. The third kappa shape index (κ3) is 4.82. The molecule has 0 spiro atoms. The second-order valence-corrected chi connectivity index (χ2v) is 9.09. The molecule has 11 heteroatoms. The maximum atomic E-state index is 12.8. The van der Waals surface area contributed by atoms with Gasteiger partial charge < -0.3 is 9.73 Å². The summed E-state index contributed by atoms with van der Waals surface area (Å²) in [5, 5.41) is 16.8. The molecule has 5 rings (SSSR count). The maximum Gasteiger partial charge on any atom is 0.252 e. The van der Waals surface area contributed by atoms with Crippen LogP contribution in [0.25, 0.3) is 5.95 Å². The van der Waals surface area contributed by atoms with Gasteiger partial charge in [-0.15, -0.1) is 10.2 Å². The van der Waals surface area contributed by atoms with E-state index < -0.39 is 0 Å². The first-order valence-electron chi connectivity index (χ1n) is 10.7. The zero-order valence-corrected chi connectivity index (χ0v) is 19.5. The van der Waals surface area contributed by atoms with Crippen molar-refractivity contribution in [2.75, 3.05) is 11.1 Å². The summed E-state index contributed by atoms with van der Waals surface area (Å²) in [6.07, 6.45) is 3.89. The predicted octanol–water partition coefficient (Wildman–Crippen LogP) is 3.43. The lowest BCUT2D eigenvalue weighted by Gasteiger charge is -2.10. The summed E-state index contributed by atoms with van der Waals surface area (Å²) in [7, 11) is 0. The number of nitrogens with zero attached hydrogens (tertiary/aromatic N) is 7. The Morgan fingerprint density at radius 1 is 1.15 bits per heavy atom. The van der Waals surface area contributed by atoms with Crippen LogP contribution in [-0.2, 0) is 11.3 Å². The Hall–Kier alpha value is -3.47. The van der Waals surface area contributed by atoms with Gasteiger partial charge in [0.2, 0.25) is 5.91 Å². The highest BCUT2D eigenvalue weighted by Crippen LogP contribution is 2.40. The van der Waals surface area contributed by atoms with E-state index in [1.807, 2.05) is 43.5 Å². The summed E-state index contributed by atoms with van der Waals surface area (Å²) in [5.41, 5.74) is 2.43. The van der Waals surface area contributed by atoms with Crippen molar-refractivity contribution in [1.29, 1.82) is 0 Å². The zero-order chi connectivity index (χ0) is 22.9. The van der Waals surface area contributed by atoms with E-state index in [4.69, 9.17) is 4.42 Å². The number of furan rings is 1. The molecule has 0 saturated heterocycles. The molecular formula is C22H24N8O2S. The molecular weight excluding hydrogens is 440 g/mol. The maximum absolute atomic E-state index is 12.8. The first kappa shape index (κ1) is 21.4. The monoisotopic (exact) mass is 464 g/mol. The van der Waals surface area contributed by atoms with Gasteiger partial charge in [-0.2, -0.15) is 9.78 Å². The molecule has 0 radical (unpaired) electrons. The van der Waals surface area contributed by atoms with Gasteiger partial charge in [0, 0.05) is 23.4 Å². The van der Waals surface area contributed by atoms with Crippen LogP contribution in [0.1, 0.15) is 47.4 Å². The Morgan fingerprint density at radius 3 is 2.64 bits per heavy atom. The Bertz CT molecular complexity index is 1270. The number of amides is 1. The molecule has 4 aromatic heterocycles. The number of hydrogen-bond acceptors (Lipinski definition) is 8. The van der Waals surface area contributed by atoms with E-state index >= 15 is 0 Å². The lowest BCUT2D eigenvalue weighted by Crippen LogP contribution is -2.18. The van der Waals surface area contributed by atoms with Gasteiger partial charge in [0.25, 0.3) is 5.95 Å². The molecule has 10 nitrogen and oxygen atoms in total. The Kier molecular flexibility index (Phi) is 5.71. The van der Waals surface area contributed by atoms with Gasteiger partial charge in [0.15, 0.2) is 5.16 Å². The Morgan fingerprint density at radius 2 is 1.94 bits per heavy atom. The summed E-state index contributed by atoms with van der Waals surface area (Å²) in [5.74, 6) is 3.18. The number of carbonyl (C=O) groups is 1. The topological polar surface area (TPSA) is 117 Å². The molecule has 33 heavy (non-hydrogen) atoms. The van der Waals surface area contributed by atoms with Gasteiger partial charge in [0.1, 0.15) is 17.4 Å². The Labute approximate surface area is 194 Å². The molecule has 1 amide bonds. The lowest BCUT2D eigenvalue weighted by molar-refractivity contribution is -0.113. The average molecular weight is 465 g/mol. The van der Waals surface area contributed by atoms with Crippen LogP contribution in [0, 0.1) is 20.8 Å². The molecule has 170 valence electrons. The second-order valence-electron chi connectivity index (χ2n) is 8.15. The molecule has 1 aliphatic carbocycles. The third-order valence-electron chi connectivity index (χ3n) is 5.17. The minimum Gasteiger partial charge on any atom is -0.467 e. The van der Waals surface area contributed by atoms with Crippen molar-refractivity contribution >= 4 is 23.5 Å². The summed E-state index contributed by atoms with van der Waals surface area (Å²) in [6.45, 7) is 6.21. The largest absolute Gasteiger partial charge is 0.467 e. The van der Waals surface area contributed by atoms with Crippen LogP contribution < -0.4 is 5.32 Å². The molecule has 1 fully saturated rings. The number of rotatable bonds is 8. The first-order valence-corrected chi connectivity index (χ1v) is 11.7. The predicted molar refractivity (Wildman–Crippen MR) is 123 cm³/mol. The van der Waals surface area contributed by atoms with Gasteiger partial charge >= 0.3 is 0 Å². The highest BCUT2D eigenvalue weighted by molar-refractivity contribution is 7.99. The fourth-order valence-electron chi connectivity index (χ4n) is 3.61. The standard InChI is InChI=1S/C22H24N8O2S/c1-13-9-14(2)24-21(23-13)30-18(10-15(3)28-30)25-19(31)12-33-22-27-26-20(16-6-7-16)29(22)11-17-5-4-8-32-17/h4-5,8-10,16H,6-7,11-12H2,1-3H3,(H,25,31). The normalized spacial score (nSPS) is 13.4. The summed E-state index contributed by atoms with van der Waals surface area (Å²) in [6, 6.07) is 7.48. The van der Waals surface area contributed by atoms with E-state index in [9.17, 15) is 4.79 Å². The molecule has 0 unspecified atom stereocenters. The van der Waals surface area contributed by atoms with Crippen molar-refractivity contribution in [3.63, 3.8) is 0 Å². The van der Waals surface area contributed by atoms with Crippen molar-refractivity contribution in [2.24, 2.45) is 0 Å². The van der Waals surface area contributed by atoms with E-state index in [1.54, 1.807) is 17.0 Å². The fraction of sp³-hybridized carbons (Fsp3) is 0.364. The fourth-order valence-corrected chi connectivity index (χ4v) is 4.35. The smallest absolute Gasteiger partial charge is 0.252 e. The quantitative estimate of drug-likeness (QED) is 0.394. The van der Waals surface area contributed by atoms with Crippen molar-refractivity contribution in [3.8, 4) is 5.95 Å². The van der Waals surface area contributed by atoms with E-state index in [-0.39, 0.29) is 11.7 Å². The number of thioether (sulfide) groups is 1. The minimum absolute atomic E-state index is 0.175. The van der Waals surface area contributed by atoms with Crippen molar-refractivity contribution in [1.82, 2.24) is 34.5 Å². The Balaban J connectivity index is 1.30. The third-order valence-corrected chi connectivity index (χ3v) is 6.14. The first-order chi connectivity index (χ1) is 16.0. The van der Waals surface area contributed by atoms with Gasteiger partial charge in [-0.3, -0.25) is 9.36 Å².